The van der Waals surface area contributed by atoms with Gasteiger partial charge in [-0.05, 0) is 37.9 Å². The van der Waals surface area contributed by atoms with Gasteiger partial charge in [-0.15, -0.1) is 0 Å². The van der Waals surface area contributed by atoms with Crippen molar-refractivity contribution >= 4 is 0 Å². The Hall–Kier alpha value is -0.900. The zero-order valence-corrected chi connectivity index (χ0v) is 11.7. The zero-order valence-electron chi connectivity index (χ0n) is 11.7. The summed E-state index contributed by atoms with van der Waals surface area (Å²) in [5.74, 6) is 0. The van der Waals surface area contributed by atoms with Gasteiger partial charge in [0.1, 0.15) is 0 Å². The van der Waals surface area contributed by atoms with Crippen molar-refractivity contribution in [3.63, 3.8) is 0 Å². The van der Waals surface area contributed by atoms with Crippen molar-refractivity contribution in [1.82, 2.24) is 10.2 Å². The first-order chi connectivity index (χ1) is 9.36. The molecular formula is C16H24N2O. The van der Waals surface area contributed by atoms with E-state index in [0.717, 1.165) is 19.1 Å². The normalized spacial score (nSPS) is 32.6. The summed E-state index contributed by atoms with van der Waals surface area (Å²) in [7, 11) is 1.83. The molecule has 2 fully saturated rings. The third-order valence-electron chi connectivity index (χ3n) is 4.55. The second kappa shape index (κ2) is 6.04. The molecule has 104 valence electrons. The minimum absolute atomic E-state index is 0.477. The van der Waals surface area contributed by atoms with Gasteiger partial charge in [0.25, 0.3) is 0 Å². The van der Waals surface area contributed by atoms with Crippen LogP contribution >= 0.6 is 0 Å². The predicted molar refractivity (Wildman–Crippen MR) is 77.2 cm³/mol. The Bertz CT molecular complexity index is 389. The predicted octanol–water partition coefficient (Wildman–Crippen LogP) is 2.20. The van der Waals surface area contributed by atoms with Crippen LogP contribution in [0, 0.1) is 0 Å². The molecule has 1 aliphatic carbocycles. The highest BCUT2D eigenvalue weighted by atomic mass is 16.5. The van der Waals surface area contributed by atoms with E-state index < -0.39 is 0 Å². The van der Waals surface area contributed by atoms with Crippen molar-refractivity contribution in [3.05, 3.63) is 35.9 Å². The Kier molecular flexibility index (Phi) is 4.16. The summed E-state index contributed by atoms with van der Waals surface area (Å²) in [6.07, 6.45) is 4.16. The number of methoxy groups -OCH3 is 1. The molecular weight excluding hydrogens is 236 g/mol. The third kappa shape index (κ3) is 2.99. The van der Waals surface area contributed by atoms with E-state index in [-0.39, 0.29) is 0 Å². The van der Waals surface area contributed by atoms with Crippen molar-refractivity contribution in [2.24, 2.45) is 0 Å². The maximum atomic E-state index is 5.41. The lowest BCUT2D eigenvalue weighted by Crippen LogP contribution is -2.49. The van der Waals surface area contributed by atoms with E-state index in [9.17, 15) is 0 Å². The van der Waals surface area contributed by atoms with Gasteiger partial charge in [0.05, 0.1) is 6.10 Å². The molecule has 1 aromatic carbocycles. The van der Waals surface area contributed by atoms with Gasteiger partial charge in [0.2, 0.25) is 0 Å². The molecule has 1 saturated heterocycles. The molecule has 1 heterocycles. The van der Waals surface area contributed by atoms with Crippen LogP contribution in [0.1, 0.15) is 30.9 Å². The monoisotopic (exact) mass is 260 g/mol. The number of hydrogen-bond donors (Lipinski definition) is 1. The SMILES string of the molecule is COC1CC(N2CCCNC(c3ccccc3)C2)C1. The molecule has 3 rings (SSSR count). The van der Waals surface area contributed by atoms with Crippen LogP contribution < -0.4 is 5.32 Å². The zero-order chi connectivity index (χ0) is 13.1. The van der Waals surface area contributed by atoms with Gasteiger partial charge in [0.15, 0.2) is 0 Å². The van der Waals surface area contributed by atoms with E-state index in [1.54, 1.807) is 0 Å². The highest BCUT2D eigenvalue weighted by Gasteiger charge is 2.35. The van der Waals surface area contributed by atoms with Crippen molar-refractivity contribution < 1.29 is 4.74 Å². The van der Waals surface area contributed by atoms with Crippen LogP contribution in [0.25, 0.3) is 0 Å². The maximum Gasteiger partial charge on any atom is 0.0601 e. The minimum atomic E-state index is 0.477. The van der Waals surface area contributed by atoms with Crippen molar-refractivity contribution in [3.8, 4) is 0 Å². The molecule has 3 heteroatoms. The number of rotatable bonds is 3. The van der Waals surface area contributed by atoms with Gasteiger partial charge >= 0.3 is 0 Å². The fraction of sp³-hybridized carbons (Fsp3) is 0.625. The smallest absolute Gasteiger partial charge is 0.0601 e. The Balaban J connectivity index is 1.64. The van der Waals surface area contributed by atoms with Crippen LogP contribution in [0.3, 0.4) is 0 Å². The van der Waals surface area contributed by atoms with Crippen LogP contribution in [0.2, 0.25) is 0 Å². The second-order valence-electron chi connectivity index (χ2n) is 5.75. The lowest BCUT2D eigenvalue weighted by molar-refractivity contribution is -0.0275. The molecule has 1 N–H and O–H groups in total. The van der Waals surface area contributed by atoms with E-state index in [4.69, 9.17) is 4.74 Å². The molecule has 1 saturated carbocycles. The Labute approximate surface area is 115 Å². The minimum Gasteiger partial charge on any atom is -0.381 e. The molecule has 0 spiro atoms. The van der Waals surface area contributed by atoms with Gasteiger partial charge in [-0.2, -0.15) is 0 Å². The average Bonchev–Trinajstić information content (AvgIpc) is 2.65. The molecule has 0 aromatic heterocycles. The van der Waals surface area contributed by atoms with Crippen molar-refractivity contribution in [2.75, 3.05) is 26.7 Å². The summed E-state index contributed by atoms with van der Waals surface area (Å²) < 4.78 is 5.41. The molecule has 0 radical (unpaired) electrons. The third-order valence-corrected chi connectivity index (χ3v) is 4.55. The highest BCUT2D eigenvalue weighted by Crippen LogP contribution is 2.30. The molecule has 2 aliphatic rings. The van der Waals surface area contributed by atoms with Gasteiger partial charge in [-0.3, -0.25) is 4.90 Å². The largest absolute Gasteiger partial charge is 0.381 e. The fourth-order valence-corrected chi connectivity index (χ4v) is 3.22. The van der Waals surface area contributed by atoms with Crippen LogP contribution in [0.4, 0.5) is 0 Å². The Morgan fingerprint density at radius 1 is 1.21 bits per heavy atom. The molecule has 0 amide bonds. The van der Waals surface area contributed by atoms with Gasteiger partial charge < -0.3 is 10.1 Å². The van der Waals surface area contributed by atoms with Gasteiger partial charge in [0, 0.05) is 25.7 Å². The number of nitrogens with zero attached hydrogens (tertiary/aromatic N) is 1. The maximum absolute atomic E-state index is 5.41. The lowest BCUT2D eigenvalue weighted by Gasteiger charge is -2.42. The average molecular weight is 260 g/mol. The summed E-state index contributed by atoms with van der Waals surface area (Å²) in [5.41, 5.74) is 1.41. The first-order valence-electron chi connectivity index (χ1n) is 7.42. The van der Waals surface area contributed by atoms with E-state index in [1.165, 1.54) is 31.4 Å². The molecule has 3 nitrogen and oxygen atoms in total. The first kappa shape index (κ1) is 13.1. The quantitative estimate of drug-likeness (QED) is 0.901. The summed E-state index contributed by atoms with van der Waals surface area (Å²) in [6, 6.07) is 12.0. The standard InChI is InChI=1S/C16H24N2O/c1-19-15-10-14(11-15)18-9-5-8-17-16(12-18)13-6-3-2-4-7-13/h2-4,6-7,14-17H,5,8-12H2,1H3. The molecule has 19 heavy (non-hydrogen) atoms. The van der Waals surface area contributed by atoms with Gasteiger partial charge in [-0.25, -0.2) is 0 Å². The van der Waals surface area contributed by atoms with E-state index in [2.05, 4.69) is 40.5 Å². The van der Waals surface area contributed by atoms with Crippen LogP contribution in [-0.2, 0) is 4.74 Å². The fourth-order valence-electron chi connectivity index (χ4n) is 3.22. The summed E-state index contributed by atoms with van der Waals surface area (Å²) in [4.78, 5) is 2.66. The van der Waals surface area contributed by atoms with Crippen LogP contribution in [-0.4, -0.2) is 43.8 Å². The summed E-state index contributed by atoms with van der Waals surface area (Å²) in [6.45, 7) is 3.47. The summed E-state index contributed by atoms with van der Waals surface area (Å²) >= 11 is 0. The lowest BCUT2D eigenvalue weighted by atomic mass is 9.87. The summed E-state index contributed by atoms with van der Waals surface area (Å²) in [5, 5.41) is 3.68. The molecule has 1 aliphatic heterocycles. The molecule has 1 atom stereocenters. The number of nitrogens with one attached hydrogen (secondary N) is 1. The van der Waals surface area contributed by atoms with E-state index in [0.29, 0.717) is 12.1 Å². The highest BCUT2D eigenvalue weighted by molar-refractivity contribution is 5.19. The van der Waals surface area contributed by atoms with E-state index in [1.807, 2.05) is 7.11 Å². The van der Waals surface area contributed by atoms with Crippen molar-refractivity contribution in [2.45, 2.75) is 37.5 Å². The Morgan fingerprint density at radius 3 is 2.74 bits per heavy atom. The van der Waals surface area contributed by atoms with Gasteiger partial charge in [-0.1, -0.05) is 30.3 Å². The molecule has 0 bridgehead atoms. The Morgan fingerprint density at radius 2 is 2.00 bits per heavy atom. The molecule has 1 unspecified atom stereocenters. The number of hydrogen-bond acceptors (Lipinski definition) is 3. The second-order valence-corrected chi connectivity index (χ2v) is 5.75. The first-order valence-corrected chi connectivity index (χ1v) is 7.42. The molecule has 1 aromatic rings. The van der Waals surface area contributed by atoms with Crippen LogP contribution in [0.15, 0.2) is 30.3 Å². The van der Waals surface area contributed by atoms with Crippen LogP contribution in [0.5, 0.6) is 0 Å². The van der Waals surface area contributed by atoms with Crippen molar-refractivity contribution in [1.29, 1.82) is 0 Å². The number of benzene rings is 1. The number of ether oxygens (including phenoxy) is 1. The van der Waals surface area contributed by atoms with E-state index >= 15 is 0 Å². The topological polar surface area (TPSA) is 24.5 Å².